The highest BCUT2D eigenvalue weighted by molar-refractivity contribution is 14.1. The maximum atomic E-state index is 12.5. The number of hydrogen-bond acceptors (Lipinski definition) is 2. The van der Waals surface area contributed by atoms with Gasteiger partial charge in [-0.1, -0.05) is 0 Å². The molecule has 0 spiro atoms. The van der Waals surface area contributed by atoms with Crippen molar-refractivity contribution in [2.75, 3.05) is 0 Å². The van der Waals surface area contributed by atoms with E-state index < -0.39 is 13.0 Å². The van der Waals surface area contributed by atoms with Crippen LogP contribution in [0.15, 0.2) is 6.07 Å². The van der Waals surface area contributed by atoms with Crippen molar-refractivity contribution in [1.82, 2.24) is 4.98 Å². The lowest BCUT2D eigenvalue weighted by Crippen LogP contribution is -2.04. The average Bonchev–Trinajstić information content (AvgIpc) is 2.16. The van der Waals surface area contributed by atoms with Crippen molar-refractivity contribution >= 4 is 34.2 Å². The molecule has 0 radical (unpaired) electrons. The Labute approximate surface area is 98.4 Å². The molecule has 0 aliphatic carbocycles. The summed E-state index contributed by atoms with van der Waals surface area (Å²) in [7, 11) is 0. The van der Waals surface area contributed by atoms with Gasteiger partial charge in [-0.3, -0.25) is 0 Å². The lowest BCUT2D eigenvalue weighted by atomic mass is 10.1. The zero-order chi connectivity index (χ0) is 10.7. The van der Waals surface area contributed by atoms with Crippen molar-refractivity contribution in [2.24, 2.45) is 0 Å². The Balaban J connectivity index is 3.31. The van der Waals surface area contributed by atoms with Gasteiger partial charge in [-0.15, -0.1) is 11.6 Å². The van der Waals surface area contributed by atoms with Crippen LogP contribution in [0.1, 0.15) is 23.2 Å². The summed E-state index contributed by atoms with van der Waals surface area (Å²) in [6.07, 6.45) is -2.62. The molecule has 14 heavy (non-hydrogen) atoms. The van der Waals surface area contributed by atoms with Crippen molar-refractivity contribution in [1.29, 1.82) is 0 Å². The molecule has 0 unspecified atom stereocenters. The fourth-order valence-electron chi connectivity index (χ4n) is 1.10. The summed E-state index contributed by atoms with van der Waals surface area (Å²) in [4.78, 5) is 3.97. The molecule has 0 bridgehead atoms. The third-order valence-corrected chi connectivity index (χ3v) is 2.54. The Hall–Kier alpha value is -0.0100. The summed E-state index contributed by atoms with van der Waals surface area (Å²) in [5.74, 6) is 0.0203. The van der Waals surface area contributed by atoms with E-state index in [1.165, 1.54) is 6.07 Å². The van der Waals surface area contributed by atoms with Gasteiger partial charge in [0.1, 0.15) is 3.70 Å². The van der Waals surface area contributed by atoms with Gasteiger partial charge in [0.15, 0.2) is 0 Å². The fourth-order valence-corrected chi connectivity index (χ4v) is 1.95. The second kappa shape index (κ2) is 5.18. The summed E-state index contributed by atoms with van der Waals surface area (Å²) in [5, 5.41) is 8.94. The van der Waals surface area contributed by atoms with E-state index in [1.807, 2.05) is 22.6 Å². The molecule has 1 aromatic rings. The molecule has 1 heterocycles. The predicted molar refractivity (Wildman–Crippen MR) is 57.4 cm³/mol. The predicted octanol–water partition coefficient (Wildman–Crippen LogP) is 2.85. The minimum absolute atomic E-state index is 0.0203. The molecule has 0 saturated carbocycles. The Kier molecular flexibility index (Phi) is 4.46. The van der Waals surface area contributed by atoms with E-state index in [0.717, 1.165) is 0 Å². The van der Waals surface area contributed by atoms with Gasteiger partial charge >= 0.3 is 0 Å². The maximum absolute atomic E-state index is 12.5. The van der Waals surface area contributed by atoms with Crippen molar-refractivity contribution in [3.63, 3.8) is 0 Å². The van der Waals surface area contributed by atoms with E-state index in [-0.39, 0.29) is 17.0 Å². The van der Waals surface area contributed by atoms with Crippen LogP contribution in [0.4, 0.5) is 8.78 Å². The lowest BCUT2D eigenvalue weighted by molar-refractivity contribution is 0.146. The van der Waals surface area contributed by atoms with Crippen LogP contribution in [0.3, 0.4) is 0 Å². The Morgan fingerprint density at radius 2 is 2.21 bits per heavy atom. The SMILES string of the molecule is OCc1c(C(F)F)cc(I)nc1CCl. The first-order valence-corrected chi connectivity index (χ1v) is 5.34. The van der Waals surface area contributed by atoms with E-state index >= 15 is 0 Å². The van der Waals surface area contributed by atoms with Crippen molar-refractivity contribution < 1.29 is 13.9 Å². The minimum Gasteiger partial charge on any atom is -0.392 e. The summed E-state index contributed by atoms with van der Waals surface area (Å²) >= 11 is 7.37. The number of aromatic nitrogens is 1. The normalized spacial score (nSPS) is 11.0. The molecule has 0 atom stereocenters. The topological polar surface area (TPSA) is 33.1 Å². The highest BCUT2D eigenvalue weighted by Crippen LogP contribution is 2.27. The van der Waals surface area contributed by atoms with E-state index in [2.05, 4.69) is 4.98 Å². The molecule has 0 amide bonds. The van der Waals surface area contributed by atoms with Crippen molar-refractivity contribution in [3.8, 4) is 0 Å². The average molecular weight is 334 g/mol. The molecular weight excluding hydrogens is 326 g/mol. The van der Waals surface area contributed by atoms with Gasteiger partial charge in [-0.25, -0.2) is 13.8 Å². The van der Waals surface area contributed by atoms with Crippen molar-refractivity contribution in [3.05, 3.63) is 26.6 Å². The Morgan fingerprint density at radius 3 is 2.64 bits per heavy atom. The number of nitrogens with zero attached hydrogens (tertiary/aromatic N) is 1. The van der Waals surface area contributed by atoms with Gasteiger partial charge in [-0.2, -0.15) is 0 Å². The van der Waals surface area contributed by atoms with Crippen LogP contribution in [0, 0.1) is 3.70 Å². The van der Waals surface area contributed by atoms with E-state index in [1.54, 1.807) is 0 Å². The van der Waals surface area contributed by atoms with Crippen LogP contribution in [0.5, 0.6) is 0 Å². The molecule has 78 valence electrons. The summed E-state index contributed by atoms with van der Waals surface area (Å²) in [6, 6.07) is 1.26. The molecule has 0 aliphatic rings. The van der Waals surface area contributed by atoms with Crippen LogP contribution in [0.25, 0.3) is 0 Å². The second-order valence-corrected chi connectivity index (χ2v) is 3.92. The van der Waals surface area contributed by atoms with E-state index in [4.69, 9.17) is 16.7 Å². The van der Waals surface area contributed by atoms with Gasteiger partial charge in [0.25, 0.3) is 6.43 Å². The Bertz CT molecular complexity index is 335. The first kappa shape index (κ1) is 12.1. The molecule has 0 fully saturated rings. The van der Waals surface area contributed by atoms with Gasteiger partial charge in [-0.05, 0) is 28.7 Å². The zero-order valence-corrected chi connectivity index (χ0v) is 9.89. The lowest BCUT2D eigenvalue weighted by Gasteiger charge is -2.10. The number of halogens is 4. The smallest absolute Gasteiger partial charge is 0.264 e. The van der Waals surface area contributed by atoms with Crippen molar-refractivity contribution in [2.45, 2.75) is 18.9 Å². The molecule has 1 N–H and O–H groups in total. The molecule has 2 nitrogen and oxygen atoms in total. The third kappa shape index (κ3) is 2.52. The number of hydrogen-bond donors (Lipinski definition) is 1. The first-order valence-electron chi connectivity index (χ1n) is 3.73. The summed E-state index contributed by atoms with van der Waals surface area (Å²) < 4.78 is 25.5. The molecule has 1 rings (SSSR count). The van der Waals surface area contributed by atoms with E-state index in [0.29, 0.717) is 9.39 Å². The number of pyridine rings is 1. The van der Waals surface area contributed by atoms with Gasteiger partial charge in [0.2, 0.25) is 0 Å². The van der Waals surface area contributed by atoms with Gasteiger partial charge < -0.3 is 5.11 Å². The van der Waals surface area contributed by atoms with Gasteiger partial charge in [0, 0.05) is 11.1 Å². The summed E-state index contributed by atoms with van der Waals surface area (Å²) in [6.45, 7) is -0.467. The monoisotopic (exact) mass is 333 g/mol. The number of aliphatic hydroxyl groups excluding tert-OH is 1. The third-order valence-electron chi connectivity index (χ3n) is 1.73. The highest BCUT2D eigenvalue weighted by atomic mass is 127. The van der Waals surface area contributed by atoms with Crippen LogP contribution < -0.4 is 0 Å². The molecule has 0 aromatic carbocycles. The molecule has 1 aromatic heterocycles. The largest absolute Gasteiger partial charge is 0.392 e. The number of aliphatic hydroxyl groups is 1. The molecule has 0 aliphatic heterocycles. The number of alkyl halides is 3. The van der Waals surface area contributed by atoms with Crippen LogP contribution >= 0.6 is 34.2 Å². The van der Waals surface area contributed by atoms with E-state index in [9.17, 15) is 8.78 Å². The van der Waals surface area contributed by atoms with Crippen LogP contribution in [0.2, 0.25) is 0 Å². The van der Waals surface area contributed by atoms with Crippen LogP contribution in [-0.4, -0.2) is 10.1 Å². The molecular formula is C8H7ClF2INO. The molecule has 6 heteroatoms. The fraction of sp³-hybridized carbons (Fsp3) is 0.375. The standard InChI is InChI=1S/C8H7ClF2INO/c9-2-6-5(3-14)4(8(10)11)1-7(12)13-6/h1,8,14H,2-3H2. The summed E-state index contributed by atoms with van der Waals surface area (Å²) in [5.41, 5.74) is 0.259. The second-order valence-electron chi connectivity index (χ2n) is 2.55. The number of rotatable bonds is 3. The maximum Gasteiger partial charge on any atom is 0.264 e. The van der Waals surface area contributed by atoms with Gasteiger partial charge in [0.05, 0.1) is 18.2 Å². The molecule has 0 saturated heterocycles. The highest BCUT2D eigenvalue weighted by Gasteiger charge is 2.17. The van der Waals surface area contributed by atoms with Crippen LogP contribution in [-0.2, 0) is 12.5 Å². The minimum atomic E-state index is -2.62. The first-order chi connectivity index (χ1) is 6.60. The quantitative estimate of drug-likeness (QED) is 0.524. The Morgan fingerprint density at radius 1 is 1.57 bits per heavy atom. The zero-order valence-electron chi connectivity index (χ0n) is 6.98.